The number of aromatic amines is 1. The van der Waals surface area contributed by atoms with Crippen molar-refractivity contribution in [2.45, 2.75) is 6.42 Å². The van der Waals surface area contributed by atoms with Crippen molar-refractivity contribution in [1.82, 2.24) is 30.3 Å². The average Bonchev–Trinajstić information content (AvgIpc) is 3.54. The summed E-state index contributed by atoms with van der Waals surface area (Å²) in [5.41, 5.74) is 2.60. The Kier molecular flexibility index (Phi) is 5.75. The first-order valence-electron chi connectivity index (χ1n) is 9.18. The first kappa shape index (κ1) is 19.6. The van der Waals surface area contributed by atoms with Crippen molar-refractivity contribution < 1.29 is 14.3 Å². The Morgan fingerprint density at radius 1 is 1.27 bits per heavy atom. The summed E-state index contributed by atoms with van der Waals surface area (Å²) in [6.45, 7) is 0.456. The second-order valence-corrected chi connectivity index (χ2v) is 7.15. The molecule has 3 aromatic heterocycles. The molecule has 0 aliphatic carbocycles. The number of rotatable bonds is 8. The molecule has 0 bridgehead atoms. The summed E-state index contributed by atoms with van der Waals surface area (Å²) in [6, 6.07) is 8.95. The molecule has 1 amide bonds. The van der Waals surface area contributed by atoms with Gasteiger partial charge in [-0.1, -0.05) is 0 Å². The molecule has 0 fully saturated rings. The molecule has 0 aliphatic rings. The number of hydrogen-bond donors (Lipinski definition) is 2. The standard InChI is InChI=1S/C20H20N6O3S/c1-28-14-4-5-18(29-2)15(10-14)16-11-17(25-24-16)19(27)21-8-6-13-12-30-20(23-13)26-9-3-7-22-26/h3-5,7,9-12H,6,8H2,1-2H3,(H,21,27)(H,24,25). The lowest BCUT2D eigenvalue weighted by Gasteiger charge is -2.08. The third-order valence-electron chi connectivity index (χ3n) is 4.41. The highest BCUT2D eigenvalue weighted by Gasteiger charge is 2.15. The van der Waals surface area contributed by atoms with E-state index in [4.69, 9.17) is 9.47 Å². The number of methoxy groups -OCH3 is 2. The quantitative estimate of drug-likeness (QED) is 0.450. The predicted molar refractivity (Wildman–Crippen MR) is 112 cm³/mol. The first-order chi connectivity index (χ1) is 14.7. The molecule has 3 heterocycles. The maximum Gasteiger partial charge on any atom is 0.269 e. The molecule has 0 aliphatic heterocycles. The van der Waals surface area contributed by atoms with E-state index in [1.165, 1.54) is 11.3 Å². The van der Waals surface area contributed by atoms with Gasteiger partial charge in [0.25, 0.3) is 5.91 Å². The van der Waals surface area contributed by atoms with Crippen LogP contribution in [0.25, 0.3) is 16.4 Å². The van der Waals surface area contributed by atoms with Gasteiger partial charge in [-0.05, 0) is 30.3 Å². The zero-order chi connectivity index (χ0) is 20.9. The van der Waals surface area contributed by atoms with Crippen LogP contribution in [0.15, 0.2) is 48.1 Å². The Bertz CT molecular complexity index is 1140. The van der Waals surface area contributed by atoms with Gasteiger partial charge in [0.1, 0.15) is 17.2 Å². The van der Waals surface area contributed by atoms with Gasteiger partial charge in [0.15, 0.2) is 0 Å². The van der Waals surface area contributed by atoms with E-state index < -0.39 is 0 Å². The predicted octanol–water partition coefficient (Wildman–Crippen LogP) is 2.71. The van der Waals surface area contributed by atoms with Crippen LogP contribution in [0.2, 0.25) is 0 Å². The van der Waals surface area contributed by atoms with Gasteiger partial charge in [-0.3, -0.25) is 9.89 Å². The van der Waals surface area contributed by atoms with Crippen LogP contribution in [0.5, 0.6) is 11.5 Å². The topological polar surface area (TPSA) is 107 Å². The van der Waals surface area contributed by atoms with Crippen LogP contribution in [-0.2, 0) is 6.42 Å². The molecule has 0 radical (unpaired) electrons. The number of aromatic nitrogens is 5. The fourth-order valence-electron chi connectivity index (χ4n) is 2.89. The molecular weight excluding hydrogens is 404 g/mol. The van der Waals surface area contributed by atoms with Crippen molar-refractivity contribution in [2.24, 2.45) is 0 Å². The van der Waals surface area contributed by atoms with Crippen molar-refractivity contribution in [1.29, 1.82) is 0 Å². The third-order valence-corrected chi connectivity index (χ3v) is 5.29. The van der Waals surface area contributed by atoms with Gasteiger partial charge in [-0.25, -0.2) is 9.67 Å². The number of thiazole rings is 1. The van der Waals surface area contributed by atoms with Crippen molar-refractivity contribution in [3.05, 3.63) is 59.5 Å². The molecule has 2 N–H and O–H groups in total. The number of carbonyl (C=O) groups is 1. The largest absolute Gasteiger partial charge is 0.497 e. The van der Waals surface area contributed by atoms with Crippen LogP contribution in [0.3, 0.4) is 0 Å². The maximum absolute atomic E-state index is 12.5. The van der Waals surface area contributed by atoms with Crippen LogP contribution < -0.4 is 14.8 Å². The van der Waals surface area contributed by atoms with E-state index >= 15 is 0 Å². The van der Waals surface area contributed by atoms with Gasteiger partial charge in [0.2, 0.25) is 5.13 Å². The number of ether oxygens (including phenoxy) is 2. The number of carbonyl (C=O) groups excluding carboxylic acids is 1. The number of amides is 1. The SMILES string of the molecule is COc1ccc(OC)c(-c2cc(C(=O)NCCc3csc(-n4cccn4)n3)[nH]n2)c1. The number of benzene rings is 1. The highest BCUT2D eigenvalue weighted by atomic mass is 32.1. The Balaban J connectivity index is 1.38. The Morgan fingerprint density at radius 3 is 2.93 bits per heavy atom. The summed E-state index contributed by atoms with van der Waals surface area (Å²) in [4.78, 5) is 17.0. The fraction of sp³-hybridized carbons (Fsp3) is 0.200. The molecule has 0 unspecified atom stereocenters. The summed E-state index contributed by atoms with van der Waals surface area (Å²) in [5, 5.41) is 16.8. The zero-order valence-corrected chi connectivity index (χ0v) is 17.3. The summed E-state index contributed by atoms with van der Waals surface area (Å²) < 4.78 is 12.4. The molecular formula is C20H20N6O3S. The highest BCUT2D eigenvalue weighted by molar-refractivity contribution is 7.12. The Morgan fingerprint density at radius 2 is 2.17 bits per heavy atom. The van der Waals surface area contributed by atoms with Crippen molar-refractivity contribution in [3.8, 4) is 27.9 Å². The average molecular weight is 424 g/mol. The van der Waals surface area contributed by atoms with Gasteiger partial charge in [-0.15, -0.1) is 11.3 Å². The molecule has 10 heteroatoms. The van der Waals surface area contributed by atoms with Crippen molar-refractivity contribution in [2.75, 3.05) is 20.8 Å². The van der Waals surface area contributed by atoms with Crippen LogP contribution in [0.4, 0.5) is 0 Å². The second-order valence-electron chi connectivity index (χ2n) is 6.31. The number of H-pyrrole nitrogens is 1. The van der Waals surface area contributed by atoms with Crippen molar-refractivity contribution in [3.63, 3.8) is 0 Å². The van der Waals surface area contributed by atoms with Crippen molar-refractivity contribution >= 4 is 17.2 Å². The van der Waals surface area contributed by atoms with Gasteiger partial charge in [-0.2, -0.15) is 10.2 Å². The number of hydrogen-bond acceptors (Lipinski definition) is 7. The number of nitrogens with zero attached hydrogens (tertiary/aromatic N) is 4. The molecule has 30 heavy (non-hydrogen) atoms. The van der Waals surface area contributed by atoms with Gasteiger partial charge < -0.3 is 14.8 Å². The van der Waals surface area contributed by atoms with Gasteiger partial charge >= 0.3 is 0 Å². The van der Waals surface area contributed by atoms with Gasteiger partial charge in [0, 0.05) is 36.3 Å². The van der Waals surface area contributed by atoms with E-state index in [1.54, 1.807) is 43.3 Å². The molecule has 4 rings (SSSR count). The van der Waals surface area contributed by atoms with Crippen LogP contribution in [0, 0.1) is 0 Å². The second kappa shape index (κ2) is 8.78. The van der Waals surface area contributed by atoms with Gasteiger partial charge in [0.05, 0.1) is 25.6 Å². The molecule has 9 nitrogen and oxygen atoms in total. The Hall–Kier alpha value is -3.66. The normalized spacial score (nSPS) is 10.7. The minimum atomic E-state index is -0.238. The molecule has 0 saturated heterocycles. The van der Waals surface area contributed by atoms with E-state index in [-0.39, 0.29) is 5.91 Å². The molecule has 0 atom stereocenters. The summed E-state index contributed by atoms with van der Waals surface area (Å²) in [5.74, 6) is 1.08. The minimum absolute atomic E-state index is 0.238. The van der Waals surface area contributed by atoms with E-state index in [2.05, 4.69) is 25.6 Å². The highest BCUT2D eigenvalue weighted by Crippen LogP contribution is 2.32. The number of nitrogens with one attached hydrogen (secondary N) is 2. The van der Waals surface area contributed by atoms with E-state index in [0.717, 1.165) is 16.4 Å². The van der Waals surface area contributed by atoms with E-state index in [1.807, 2.05) is 23.7 Å². The lowest BCUT2D eigenvalue weighted by atomic mass is 10.1. The molecule has 1 aromatic carbocycles. The summed E-state index contributed by atoms with van der Waals surface area (Å²) >= 11 is 1.51. The molecule has 0 saturated carbocycles. The van der Waals surface area contributed by atoms with E-state index in [0.29, 0.717) is 35.9 Å². The minimum Gasteiger partial charge on any atom is -0.497 e. The summed E-state index contributed by atoms with van der Waals surface area (Å²) in [6.07, 6.45) is 4.17. The Labute approximate surface area is 176 Å². The molecule has 154 valence electrons. The molecule has 0 spiro atoms. The smallest absolute Gasteiger partial charge is 0.269 e. The maximum atomic E-state index is 12.5. The monoisotopic (exact) mass is 424 g/mol. The first-order valence-corrected chi connectivity index (χ1v) is 10.1. The zero-order valence-electron chi connectivity index (χ0n) is 16.5. The van der Waals surface area contributed by atoms with E-state index in [9.17, 15) is 4.79 Å². The fourth-order valence-corrected chi connectivity index (χ4v) is 3.69. The third kappa shape index (κ3) is 4.18. The lowest BCUT2D eigenvalue weighted by Crippen LogP contribution is -2.26. The molecule has 4 aromatic rings. The van der Waals surface area contributed by atoms with Crippen LogP contribution in [-0.4, -0.2) is 51.6 Å². The lowest BCUT2D eigenvalue weighted by molar-refractivity contribution is 0.0949. The summed E-state index contributed by atoms with van der Waals surface area (Å²) in [7, 11) is 3.18. The van der Waals surface area contributed by atoms with Crippen LogP contribution >= 0.6 is 11.3 Å². The van der Waals surface area contributed by atoms with Crippen LogP contribution in [0.1, 0.15) is 16.2 Å².